The lowest BCUT2D eigenvalue weighted by molar-refractivity contribution is -0.0589. The van der Waals surface area contributed by atoms with Crippen LogP contribution in [0.25, 0.3) is 0 Å². The minimum atomic E-state index is -0.173. The fraction of sp³-hybridized carbons (Fsp3) is 0.600. The number of hydrogen-bond acceptors (Lipinski definition) is 3. The summed E-state index contributed by atoms with van der Waals surface area (Å²) in [6.07, 6.45) is 0. The zero-order chi connectivity index (χ0) is 13.2. The summed E-state index contributed by atoms with van der Waals surface area (Å²) >= 11 is 0. The molecule has 104 valence electrons. The van der Waals surface area contributed by atoms with Gasteiger partial charge in [-0.2, -0.15) is 0 Å². The maximum Gasteiger partial charge on any atom is 0.123 e. The quantitative estimate of drug-likeness (QED) is 0.895. The molecule has 0 spiro atoms. The molecule has 0 unspecified atom stereocenters. The first kappa shape index (κ1) is 13.0. The Morgan fingerprint density at radius 3 is 2.47 bits per heavy atom. The smallest absolute Gasteiger partial charge is 0.123 e. The van der Waals surface area contributed by atoms with E-state index in [1.54, 1.807) is 0 Å². The summed E-state index contributed by atoms with van der Waals surface area (Å²) in [5, 5.41) is 3.65. The first-order valence-electron chi connectivity index (χ1n) is 6.96. The van der Waals surface area contributed by atoms with Crippen LogP contribution in [0, 0.1) is 17.7 Å². The lowest BCUT2D eigenvalue weighted by atomic mass is 9.82. The van der Waals surface area contributed by atoms with Crippen LogP contribution in [0.4, 0.5) is 4.39 Å². The van der Waals surface area contributed by atoms with Crippen LogP contribution in [0.5, 0.6) is 0 Å². The third-order valence-electron chi connectivity index (χ3n) is 4.23. The number of piperidine rings is 1. The van der Waals surface area contributed by atoms with E-state index in [9.17, 15) is 4.39 Å². The average Bonchev–Trinajstić information content (AvgIpc) is 2.38. The summed E-state index contributed by atoms with van der Waals surface area (Å²) < 4.78 is 18.5. The topological polar surface area (TPSA) is 24.5 Å². The van der Waals surface area contributed by atoms with E-state index in [4.69, 9.17) is 4.74 Å². The van der Waals surface area contributed by atoms with Gasteiger partial charge in [0, 0.05) is 37.5 Å². The molecule has 19 heavy (non-hydrogen) atoms. The number of nitrogens with zero attached hydrogens (tertiary/aromatic N) is 1. The molecule has 2 fully saturated rings. The molecule has 0 aliphatic carbocycles. The zero-order valence-electron chi connectivity index (χ0n) is 11.3. The highest BCUT2D eigenvalue weighted by Crippen LogP contribution is 2.27. The van der Waals surface area contributed by atoms with E-state index in [0.717, 1.165) is 38.4 Å². The lowest BCUT2D eigenvalue weighted by Crippen LogP contribution is -2.59. The van der Waals surface area contributed by atoms with Crippen molar-refractivity contribution >= 4 is 0 Å². The fourth-order valence-electron chi connectivity index (χ4n) is 3.34. The summed E-state index contributed by atoms with van der Waals surface area (Å²) in [4.78, 5) is 2.40. The number of likely N-dealkylation sites (tertiary alicyclic amines) is 1. The van der Waals surface area contributed by atoms with Gasteiger partial charge in [0.1, 0.15) is 5.82 Å². The number of hydrogen-bond donors (Lipinski definition) is 1. The van der Waals surface area contributed by atoms with Crippen molar-refractivity contribution in [2.75, 3.05) is 33.4 Å². The molecule has 4 heteroatoms. The molecule has 2 heterocycles. The van der Waals surface area contributed by atoms with Gasteiger partial charge in [-0.05, 0) is 24.7 Å². The molecule has 3 atom stereocenters. The van der Waals surface area contributed by atoms with Crippen LogP contribution in [0.1, 0.15) is 5.56 Å². The van der Waals surface area contributed by atoms with E-state index < -0.39 is 0 Å². The number of rotatable bonds is 3. The van der Waals surface area contributed by atoms with E-state index in [1.165, 1.54) is 12.1 Å². The monoisotopic (exact) mass is 264 g/mol. The molecule has 2 bridgehead atoms. The van der Waals surface area contributed by atoms with Gasteiger partial charge in [0.25, 0.3) is 0 Å². The third kappa shape index (κ3) is 2.96. The normalized spacial score (nSPS) is 31.4. The van der Waals surface area contributed by atoms with Gasteiger partial charge in [0.05, 0.1) is 13.2 Å². The summed E-state index contributed by atoms with van der Waals surface area (Å²) in [5.74, 6) is 0.962. The molecule has 2 aliphatic rings. The van der Waals surface area contributed by atoms with Gasteiger partial charge in [-0.1, -0.05) is 12.1 Å². The number of fused-ring (bicyclic) bond motifs is 2. The van der Waals surface area contributed by atoms with Crippen molar-refractivity contribution in [1.29, 1.82) is 0 Å². The number of benzene rings is 1. The van der Waals surface area contributed by atoms with Gasteiger partial charge in [-0.3, -0.25) is 0 Å². The molecular formula is C15H21FN2O. The first-order valence-corrected chi connectivity index (χ1v) is 6.96. The van der Waals surface area contributed by atoms with Gasteiger partial charge in [0.2, 0.25) is 0 Å². The van der Waals surface area contributed by atoms with Crippen LogP contribution in [-0.2, 0) is 11.3 Å². The van der Waals surface area contributed by atoms with Crippen molar-refractivity contribution in [3.05, 3.63) is 35.6 Å². The van der Waals surface area contributed by atoms with Gasteiger partial charge in [0.15, 0.2) is 0 Å². The minimum Gasteiger partial charge on any atom is -0.381 e. The zero-order valence-corrected chi connectivity index (χ0v) is 11.3. The Hall–Kier alpha value is -0.970. The second-order valence-corrected chi connectivity index (χ2v) is 5.81. The van der Waals surface area contributed by atoms with Crippen molar-refractivity contribution in [1.82, 2.24) is 10.2 Å². The van der Waals surface area contributed by atoms with Crippen LogP contribution in [0.15, 0.2) is 24.3 Å². The Balaban J connectivity index is 1.61. The molecule has 0 aromatic heterocycles. The molecule has 0 radical (unpaired) electrons. The summed E-state index contributed by atoms with van der Waals surface area (Å²) in [6.45, 7) is 4.70. The molecule has 1 aromatic rings. The minimum absolute atomic E-state index is 0.173. The summed E-state index contributed by atoms with van der Waals surface area (Å²) in [7, 11) is 2.18. The van der Waals surface area contributed by atoms with Crippen molar-refractivity contribution in [2.24, 2.45) is 11.8 Å². The Morgan fingerprint density at radius 1 is 1.21 bits per heavy atom. The number of ether oxygens (including phenoxy) is 1. The predicted octanol–water partition coefficient (Wildman–Crippen LogP) is 1.49. The Morgan fingerprint density at radius 2 is 1.84 bits per heavy atom. The van der Waals surface area contributed by atoms with Crippen molar-refractivity contribution in [3.63, 3.8) is 0 Å². The SMILES string of the molecule is CN1C[C@H]2COC[C@@H](C1)[C@H]2NCc1ccc(F)cc1. The van der Waals surface area contributed by atoms with Gasteiger partial charge in [-0.25, -0.2) is 4.39 Å². The van der Waals surface area contributed by atoms with E-state index in [0.29, 0.717) is 17.9 Å². The van der Waals surface area contributed by atoms with E-state index in [1.807, 2.05) is 12.1 Å². The highest BCUT2D eigenvalue weighted by molar-refractivity contribution is 5.16. The molecule has 2 aliphatic heterocycles. The summed E-state index contributed by atoms with van der Waals surface area (Å²) in [6, 6.07) is 7.27. The van der Waals surface area contributed by atoms with Crippen molar-refractivity contribution in [2.45, 2.75) is 12.6 Å². The molecule has 0 saturated carbocycles. The molecule has 0 amide bonds. The van der Waals surface area contributed by atoms with E-state index in [2.05, 4.69) is 17.3 Å². The molecule has 1 N–H and O–H groups in total. The maximum absolute atomic E-state index is 12.9. The van der Waals surface area contributed by atoms with Crippen molar-refractivity contribution < 1.29 is 9.13 Å². The Bertz CT molecular complexity index is 409. The van der Waals surface area contributed by atoms with Crippen molar-refractivity contribution in [3.8, 4) is 0 Å². The Labute approximate surface area is 113 Å². The van der Waals surface area contributed by atoms with Crippen LogP contribution in [0.2, 0.25) is 0 Å². The highest BCUT2D eigenvalue weighted by atomic mass is 19.1. The standard InChI is InChI=1S/C15H21FN2O/c1-18-7-12-9-19-10-13(8-18)15(12)17-6-11-2-4-14(16)5-3-11/h2-5,12-13,15,17H,6-10H2,1H3/t12-,13+,15-. The van der Waals surface area contributed by atoms with Gasteiger partial charge >= 0.3 is 0 Å². The molecule has 1 aromatic carbocycles. The van der Waals surface area contributed by atoms with Crippen LogP contribution in [-0.4, -0.2) is 44.3 Å². The Kier molecular flexibility index (Phi) is 3.82. The molecule has 3 rings (SSSR count). The highest BCUT2D eigenvalue weighted by Gasteiger charge is 2.38. The van der Waals surface area contributed by atoms with Crippen LogP contribution in [0.3, 0.4) is 0 Å². The first-order chi connectivity index (χ1) is 9.22. The number of halogens is 1. The molecular weight excluding hydrogens is 243 g/mol. The predicted molar refractivity (Wildman–Crippen MR) is 72.3 cm³/mol. The molecule has 3 nitrogen and oxygen atoms in total. The van der Waals surface area contributed by atoms with Crippen LogP contribution < -0.4 is 5.32 Å². The maximum atomic E-state index is 12.9. The largest absolute Gasteiger partial charge is 0.381 e. The summed E-state index contributed by atoms with van der Waals surface area (Å²) in [5.41, 5.74) is 1.14. The van der Waals surface area contributed by atoms with Gasteiger partial charge in [-0.15, -0.1) is 0 Å². The second-order valence-electron chi connectivity index (χ2n) is 5.81. The van der Waals surface area contributed by atoms with Crippen LogP contribution >= 0.6 is 0 Å². The lowest BCUT2D eigenvalue weighted by Gasteiger charge is -2.46. The fourth-order valence-corrected chi connectivity index (χ4v) is 3.34. The third-order valence-corrected chi connectivity index (χ3v) is 4.23. The van der Waals surface area contributed by atoms with E-state index >= 15 is 0 Å². The second kappa shape index (κ2) is 5.57. The molecule has 2 saturated heterocycles. The van der Waals surface area contributed by atoms with E-state index in [-0.39, 0.29) is 5.82 Å². The number of nitrogens with one attached hydrogen (secondary N) is 1. The average molecular weight is 264 g/mol. The van der Waals surface area contributed by atoms with Gasteiger partial charge < -0.3 is 15.0 Å².